The highest BCUT2D eigenvalue weighted by Gasteiger charge is 2.47. The van der Waals surface area contributed by atoms with E-state index < -0.39 is 127 Å². The van der Waals surface area contributed by atoms with E-state index >= 15 is 0 Å². The summed E-state index contributed by atoms with van der Waals surface area (Å²) in [5.74, 6) is -6.46. The first-order valence-corrected chi connectivity index (χ1v) is 19.7. The topological polar surface area (TPSA) is 308 Å². The standard InChI is InChI=1S/C34H51N9O13S/c44-17-7-20(35-10-17)30(52)39-21(16-57)29(51)36-11-26(47)42-14-18(45)8-24(42)33(55)40-5-1-3-22(40)31(53)37-12-27(48)43-15-19(46)9-25(43)34(56)41-6-2-4-23(41)32(54)38-13-28(49)50/h17-25,35,44-46,57H,1-16H2,(H,36,51)(H,37,53)(H,38,54)(H,39,52)(H,49,50)/t17-,18-,19-,20+,21+,22+,23+,24+,25+/m1/s1. The predicted molar refractivity (Wildman–Crippen MR) is 197 cm³/mol. The highest BCUT2D eigenvalue weighted by molar-refractivity contribution is 7.80. The van der Waals surface area contributed by atoms with Crippen molar-refractivity contribution in [3.8, 4) is 0 Å². The molecule has 5 rings (SSSR count). The summed E-state index contributed by atoms with van der Waals surface area (Å²) in [6.07, 6.45) is -1.44. The molecule has 5 heterocycles. The van der Waals surface area contributed by atoms with E-state index in [0.717, 1.165) is 9.80 Å². The number of hydrogen-bond acceptors (Lipinski definition) is 14. The van der Waals surface area contributed by atoms with Gasteiger partial charge in [0.25, 0.3) is 0 Å². The van der Waals surface area contributed by atoms with E-state index in [1.807, 2.05) is 0 Å². The van der Waals surface area contributed by atoms with Gasteiger partial charge in [0.15, 0.2) is 0 Å². The van der Waals surface area contributed by atoms with Crippen molar-refractivity contribution in [2.75, 3.05) is 58.1 Å². The molecule has 57 heavy (non-hydrogen) atoms. The Balaban J connectivity index is 1.13. The molecular weight excluding hydrogens is 774 g/mol. The number of carbonyl (C=O) groups is 9. The number of rotatable bonds is 14. The van der Waals surface area contributed by atoms with Crippen LogP contribution in [0, 0.1) is 0 Å². The van der Waals surface area contributed by atoms with Gasteiger partial charge in [-0.25, -0.2) is 0 Å². The summed E-state index contributed by atoms with van der Waals surface area (Å²) in [6.45, 7) is -1.60. The third-order valence-corrected chi connectivity index (χ3v) is 11.3. The van der Waals surface area contributed by atoms with E-state index in [1.54, 1.807) is 0 Å². The zero-order chi connectivity index (χ0) is 41.6. The lowest BCUT2D eigenvalue weighted by Crippen LogP contribution is -2.56. The summed E-state index contributed by atoms with van der Waals surface area (Å²) >= 11 is 4.12. The first-order valence-electron chi connectivity index (χ1n) is 19.0. The van der Waals surface area contributed by atoms with Crippen molar-refractivity contribution in [2.45, 2.75) is 99.5 Å². The molecule has 0 aromatic rings. The maximum atomic E-state index is 13.8. The molecule has 9 N–H and O–H groups in total. The molecule has 0 saturated carbocycles. The Morgan fingerprint density at radius 1 is 0.632 bits per heavy atom. The number of aliphatic hydroxyl groups excluding tert-OH is 3. The summed E-state index contributed by atoms with van der Waals surface area (Å²) < 4.78 is 0. The third-order valence-electron chi connectivity index (χ3n) is 10.9. The van der Waals surface area contributed by atoms with Crippen LogP contribution in [0.2, 0.25) is 0 Å². The lowest BCUT2D eigenvalue weighted by molar-refractivity contribution is -0.148. The number of carbonyl (C=O) groups excluding carboxylic acids is 8. The molecule has 0 unspecified atom stereocenters. The highest BCUT2D eigenvalue weighted by Crippen LogP contribution is 2.27. The smallest absolute Gasteiger partial charge is 0.322 e. The number of nitrogens with one attached hydrogen (secondary N) is 5. The van der Waals surface area contributed by atoms with Crippen LogP contribution in [0.15, 0.2) is 0 Å². The largest absolute Gasteiger partial charge is 0.480 e. The van der Waals surface area contributed by atoms with Gasteiger partial charge in [-0.3, -0.25) is 43.2 Å². The third kappa shape index (κ3) is 10.5. The van der Waals surface area contributed by atoms with E-state index in [4.69, 9.17) is 5.11 Å². The Morgan fingerprint density at radius 3 is 1.58 bits per heavy atom. The lowest BCUT2D eigenvalue weighted by atomic mass is 10.1. The van der Waals surface area contributed by atoms with Crippen LogP contribution in [0.4, 0.5) is 0 Å². The van der Waals surface area contributed by atoms with Gasteiger partial charge >= 0.3 is 5.97 Å². The Kier molecular flexibility index (Phi) is 14.7. The number of aliphatic hydroxyl groups is 3. The maximum absolute atomic E-state index is 13.8. The number of β-amino-alcohol motifs (C(OH)–C–C–N with tert-alkyl or cyclic N) is 3. The van der Waals surface area contributed by atoms with Crippen LogP contribution in [0.25, 0.3) is 0 Å². The summed E-state index contributed by atoms with van der Waals surface area (Å²) in [5, 5.41) is 52.0. The number of likely N-dealkylation sites (tertiary alicyclic amines) is 4. The van der Waals surface area contributed by atoms with Crippen molar-refractivity contribution >= 4 is 65.9 Å². The Morgan fingerprint density at radius 2 is 1.12 bits per heavy atom. The maximum Gasteiger partial charge on any atom is 0.322 e. The van der Waals surface area contributed by atoms with Crippen LogP contribution in [-0.2, 0) is 43.2 Å². The average Bonchev–Trinajstić information content (AvgIpc) is 4.03. The SMILES string of the molecule is O=C(O)CNC(=O)[C@@H]1CCCN1C(=O)[C@@H]1C[C@@H](O)CN1C(=O)CNC(=O)[C@@H]1CCCN1C(=O)[C@@H]1C[C@@H](O)CN1C(=O)CNC(=O)[C@H](CS)NC(=O)[C@@H]1C[C@@H](O)CN1. The molecule has 5 aliphatic heterocycles. The van der Waals surface area contributed by atoms with Gasteiger partial charge in [-0.1, -0.05) is 0 Å². The van der Waals surface area contributed by atoms with Crippen LogP contribution in [0.1, 0.15) is 44.9 Å². The Hall–Kier alpha value is -4.58. The van der Waals surface area contributed by atoms with Crippen LogP contribution < -0.4 is 26.6 Å². The summed E-state index contributed by atoms with van der Waals surface area (Å²) in [4.78, 5) is 121. The van der Waals surface area contributed by atoms with Crippen molar-refractivity contribution in [1.82, 2.24) is 46.2 Å². The van der Waals surface area contributed by atoms with Gasteiger partial charge in [-0.2, -0.15) is 12.6 Å². The van der Waals surface area contributed by atoms with E-state index in [1.165, 1.54) is 9.80 Å². The van der Waals surface area contributed by atoms with Crippen molar-refractivity contribution in [3.63, 3.8) is 0 Å². The van der Waals surface area contributed by atoms with E-state index in [9.17, 15) is 58.5 Å². The Labute approximate surface area is 332 Å². The molecule has 5 saturated heterocycles. The normalized spacial score (nSPS) is 28.9. The van der Waals surface area contributed by atoms with Crippen molar-refractivity contribution in [3.05, 3.63) is 0 Å². The summed E-state index contributed by atoms with van der Waals surface area (Å²) in [5.41, 5.74) is 0. The zero-order valence-corrected chi connectivity index (χ0v) is 32.1. The molecule has 5 aliphatic rings. The van der Waals surface area contributed by atoms with Crippen LogP contribution in [0.3, 0.4) is 0 Å². The van der Waals surface area contributed by atoms with Crippen LogP contribution >= 0.6 is 12.6 Å². The molecule has 9 atom stereocenters. The van der Waals surface area contributed by atoms with Crippen molar-refractivity contribution < 1.29 is 63.6 Å². The second-order valence-electron chi connectivity index (χ2n) is 14.9. The number of aliphatic carboxylic acids is 1. The van der Waals surface area contributed by atoms with E-state index in [0.29, 0.717) is 19.3 Å². The number of amides is 8. The van der Waals surface area contributed by atoms with Crippen LogP contribution in [-0.4, -0.2) is 206 Å². The molecular formula is C34H51N9O13S. The molecule has 0 aliphatic carbocycles. The van der Waals surface area contributed by atoms with Crippen LogP contribution in [0.5, 0.6) is 0 Å². The van der Waals surface area contributed by atoms with Gasteiger partial charge < -0.3 is 66.6 Å². The molecule has 0 aromatic carbocycles. The second-order valence-corrected chi connectivity index (χ2v) is 15.3. The lowest BCUT2D eigenvalue weighted by Gasteiger charge is -2.32. The Bertz CT molecular complexity index is 1600. The highest BCUT2D eigenvalue weighted by atomic mass is 32.1. The zero-order valence-electron chi connectivity index (χ0n) is 31.2. The molecule has 23 heteroatoms. The molecule has 0 bridgehead atoms. The van der Waals surface area contributed by atoms with E-state index in [2.05, 4.69) is 39.2 Å². The van der Waals surface area contributed by atoms with Gasteiger partial charge in [-0.15, -0.1) is 0 Å². The van der Waals surface area contributed by atoms with Gasteiger partial charge in [0, 0.05) is 51.3 Å². The minimum Gasteiger partial charge on any atom is -0.480 e. The molecule has 0 radical (unpaired) electrons. The average molecular weight is 826 g/mol. The minimum absolute atomic E-state index is 0.0933. The number of nitrogens with zero attached hydrogens (tertiary/aromatic N) is 4. The molecule has 0 spiro atoms. The first-order chi connectivity index (χ1) is 27.1. The van der Waals surface area contributed by atoms with Gasteiger partial charge in [0.05, 0.1) is 37.4 Å². The fourth-order valence-electron chi connectivity index (χ4n) is 8.07. The number of carboxylic acid groups (broad SMARTS) is 1. The minimum atomic E-state index is -1.25. The van der Waals surface area contributed by atoms with Crippen molar-refractivity contribution in [2.24, 2.45) is 0 Å². The molecule has 0 aromatic heterocycles. The fourth-order valence-corrected chi connectivity index (χ4v) is 8.33. The van der Waals surface area contributed by atoms with Gasteiger partial charge in [-0.05, 0) is 32.1 Å². The van der Waals surface area contributed by atoms with E-state index in [-0.39, 0.29) is 64.2 Å². The number of hydrogen-bond donors (Lipinski definition) is 10. The van der Waals surface area contributed by atoms with Gasteiger partial charge in [0.1, 0.15) is 36.8 Å². The molecule has 316 valence electrons. The molecule has 8 amide bonds. The fraction of sp³-hybridized carbons (Fsp3) is 0.735. The first kappa shape index (κ1) is 43.5. The van der Waals surface area contributed by atoms with Crippen molar-refractivity contribution in [1.29, 1.82) is 0 Å². The quantitative estimate of drug-likeness (QED) is 0.0729. The number of carboxylic acids is 1. The second kappa shape index (κ2) is 19.2. The monoisotopic (exact) mass is 825 g/mol. The van der Waals surface area contributed by atoms with Gasteiger partial charge in [0.2, 0.25) is 47.3 Å². The molecule has 5 fully saturated rings. The summed E-state index contributed by atoms with van der Waals surface area (Å²) in [6, 6.07) is -6.04. The number of thiol groups is 1. The predicted octanol–water partition coefficient (Wildman–Crippen LogP) is -6.54. The summed E-state index contributed by atoms with van der Waals surface area (Å²) in [7, 11) is 0. The molecule has 22 nitrogen and oxygen atoms in total.